The first-order valence-electron chi connectivity index (χ1n) is 7.80. The normalized spacial score (nSPS) is 25.4. The zero-order valence-electron chi connectivity index (χ0n) is 11.9. The van der Waals surface area contributed by atoms with Crippen molar-refractivity contribution in [3.8, 4) is 0 Å². The molecule has 2 aliphatic carbocycles. The quantitative estimate of drug-likeness (QED) is 0.762. The zero-order valence-corrected chi connectivity index (χ0v) is 11.9. The largest absolute Gasteiger partial charge is 0.384 e. The topological polar surface area (TPSA) is 20.2 Å². The van der Waals surface area contributed by atoms with E-state index in [0.717, 1.165) is 17.9 Å². The third-order valence-electron chi connectivity index (χ3n) is 4.83. The van der Waals surface area contributed by atoms with Gasteiger partial charge in [0.2, 0.25) is 0 Å². The van der Waals surface area contributed by atoms with Crippen molar-refractivity contribution in [2.45, 2.75) is 58.0 Å². The van der Waals surface area contributed by atoms with Crippen molar-refractivity contribution < 1.29 is 5.11 Å². The van der Waals surface area contributed by atoms with Crippen LogP contribution in [0.25, 0.3) is 5.57 Å². The van der Waals surface area contributed by atoms with E-state index in [0.29, 0.717) is 0 Å². The van der Waals surface area contributed by atoms with Gasteiger partial charge in [-0.05, 0) is 47.5 Å². The summed E-state index contributed by atoms with van der Waals surface area (Å²) in [6, 6.07) is 8.40. The lowest BCUT2D eigenvalue weighted by atomic mass is 9.81. The van der Waals surface area contributed by atoms with E-state index in [1.807, 2.05) is 6.07 Å². The number of hydrogen-bond donors (Lipinski definition) is 1. The minimum Gasteiger partial charge on any atom is -0.384 e. The van der Waals surface area contributed by atoms with Gasteiger partial charge >= 0.3 is 0 Å². The van der Waals surface area contributed by atoms with E-state index in [2.05, 4.69) is 25.1 Å². The summed E-state index contributed by atoms with van der Waals surface area (Å²) in [5.41, 5.74) is 5.24. The van der Waals surface area contributed by atoms with Gasteiger partial charge in [-0.2, -0.15) is 0 Å². The molecule has 0 bridgehead atoms. The summed E-state index contributed by atoms with van der Waals surface area (Å²) in [6.45, 7) is 2.26. The van der Waals surface area contributed by atoms with Crippen LogP contribution in [0.1, 0.15) is 69.1 Å². The van der Waals surface area contributed by atoms with Crippen molar-refractivity contribution >= 4 is 5.57 Å². The number of benzene rings is 1. The Balaban J connectivity index is 1.74. The molecule has 0 radical (unpaired) electrons. The van der Waals surface area contributed by atoms with Crippen LogP contribution < -0.4 is 0 Å². The Morgan fingerprint density at radius 3 is 2.89 bits per heavy atom. The van der Waals surface area contributed by atoms with Crippen LogP contribution in [0.5, 0.6) is 0 Å². The number of aliphatic hydroxyl groups is 1. The fraction of sp³-hybridized carbons (Fsp3) is 0.556. The lowest BCUT2D eigenvalue weighted by Crippen LogP contribution is -2.10. The molecule has 0 saturated heterocycles. The van der Waals surface area contributed by atoms with Crippen molar-refractivity contribution in [3.05, 3.63) is 41.0 Å². The van der Waals surface area contributed by atoms with Crippen LogP contribution in [0.2, 0.25) is 0 Å². The Morgan fingerprint density at radius 2 is 2.05 bits per heavy atom. The first-order chi connectivity index (χ1) is 9.31. The van der Waals surface area contributed by atoms with Crippen molar-refractivity contribution in [2.75, 3.05) is 0 Å². The second-order valence-corrected chi connectivity index (χ2v) is 6.10. The molecule has 0 aliphatic heterocycles. The highest BCUT2D eigenvalue weighted by molar-refractivity contribution is 5.78. The maximum Gasteiger partial charge on any atom is 0.101 e. The Kier molecular flexibility index (Phi) is 3.74. The predicted octanol–water partition coefficient (Wildman–Crippen LogP) is 4.87. The Morgan fingerprint density at radius 1 is 1.21 bits per heavy atom. The van der Waals surface area contributed by atoms with Gasteiger partial charge in [0, 0.05) is 0 Å². The lowest BCUT2D eigenvalue weighted by molar-refractivity contribution is 0.207. The van der Waals surface area contributed by atoms with Gasteiger partial charge in [-0.1, -0.05) is 56.9 Å². The smallest absolute Gasteiger partial charge is 0.101 e. The highest BCUT2D eigenvalue weighted by Crippen LogP contribution is 2.49. The minimum atomic E-state index is -0.319. The highest BCUT2D eigenvalue weighted by atomic mass is 16.3. The lowest BCUT2D eigenvalue weighted by Gasteiger charge is -2.25. The van der Waals surface area contributed by atoms with E-state index in [9.17, 15) is 5.11 Å². The van der Waals surface area contributed by atoms with Gasteiger partial charge in [-0.25, -0.2) is 0 Å². The van der Waals surface area contributed by atoms with E-state index in [4.69, 9.17) is 0 Å². The van der Waals surface area contributed by atoms with Crippen LogP contribution in [-0.4, -0.2) is 5.11 Å². The standard InChI is InChI=1S/C18H24O/c1-2-3-4-7-13-10-11-15-14-8-5-6-9-16(14)18(19)17(15)12-13/h5-6,8-9,13,18-19H,2-4,7,10-12H2,1H3. The molecule has 2 aliphatic rings. The molecular formula is C18H24O. The van der Waals surface area contributed by atoms with Crippen LogP contribution in [0, 0.1) is 5.92 Å². The third kappa shape index (κ3) is 2.36. The van der Waals surface area contributed by atoms with E-state index >= 15 is 0 Å². The molecule has 1 aromatic rings. The van der Waals surface area contributed by atoms with Crippen molar-refractivity contribution in [3.63, 3.8) is 0 Å². The van der Waals surface area contributed by atoms with Gasteiger partial charge in [-0.15, -0.1) is 0 Å². The molecule has 0 spiro atoms. The van der Waals surface area contributed by atoms with E-state index in [1.165, 1.54) is 55.2 Å². The predicted molar refractivity (Wildman–Crippen MR) is 79.8 cm³/mol. The maximum absolute atomic E-state index is 10.5. The molecule has 2 atom stereocenters. The number of allylic oxidation sites excluding steroid dienone is 1. The monoisotopic (exact) mass is 256 g/mol. The van der Waals surface area contributed by atoms with Crippen molar-refractivity contribution in [2.24, 2.45) is 5.92 Å². The second kappa shape index (κ2) is 5.50. The fourth-order valence-electron chi connectivity index (χ4n) is 3.76. The van der Waals surface area contributed by atoms with Crippen molar-refractivity contribution in [1.82, 2.24) is 0 Å². The molecule has 1 heteroatoms. The number of hydrogen-bond acceptors (Lipinski definition) is 1. The zero-order chi connectivity index (χ0) is 13.2. The molecule has 102 valence electrons. The van der Waals surface area contributed by atoms with E-state index in [1.54, 1.807) is 0 Å². The van der Waals surface area contributed by atoms with Gasteiger partial charge in [0.05, 0.1) is 0 Å². The molecule has 0 aromatic heterocycles. The Labute approximate surface area is 116 Å². The third-order valence-corrected chi connectivity index (χ3v) is 4.83. The molecule has 2 unspecified atom stereocenters. The van der Waals surface area contributed by atoms with Gasteiger partial charge in [0.25, 0.3) is 0 Å². The number of rotatable bonds is 4. The SMILES string of the molecule is CCCCCC1CCC2=C(C1)C(O)c1ccccc12. The molecular weight excluding hydrogens is 232 g/mol. The molecule has 0 amide bonds. The average Bonchev–Trinajstić information content (AvgIpc) is 2.73. The second-order valence-electron chi connectivity index (χ2n) is 6.10. The summed E-state index contributed by atoms with van der Waals surface area (Å²) >= 11 is 0. The van der Waals surface area contributed by atoms with Gasteiger partial charge in [0.1, 0.15) is 6.10 Å². The highest BCUT2D eigenvalue weighted by Gasteiger charge is 2.33. The van der Waals surface area contributed by atoms with Gasteiger partial charge < -0.3 is 5.11 Å². The molecule has 0 heterocycles. The molecule has 3 rings (SSSR count). The Bertz CT molecular complexity index is 486. The van der Waals surface area contributed by atoms with Crippen LogP contribution in [0.15, 0.2) is 29.8 Å². The minimum absolute atomic E-state index is 0.319. The average molecular weight is 256 g/mol. The summed E-state index contributed by atoms with van der Waals surface area (Å²) in [5, 5.41) is 10.5. The summed E-state index contributed by atoms with van der Waals surface area (Å²) in [6.07, 6.45) is 8.62. The summed E-state index contributed by atoms with van der Waals surface area (Å²) in [4.78, 5) is 0. The van der Waals surface area contributed by atoms with Crippen LogP contribution in [-0.2, 0) is 0 Å². The Hall–Kier alpha value is -1.08. The molecule has 0 saturated carbocycles. The summed E-state index contributed by atoms with van der Waals surface area (Å²) in [7, 11) is 0. The molecule has 19 heavy (non-hydrogen) atoms. The first-order valence-corrected chi connectivity index (χ1v) is 7.80. The van der Waals surface area contributed by atoms with Crippen molar-refractivity contribution in [1.29, 1.82) is 0 Å². The molecule has 1 aromatic carbocycles. The molecule has 0 fully saturated rings. The van der Waals surface area contributed by atoms with Crippen LogP contribution in [0.4, 0.5) is 0 Å². The number of aliphatic hydroxyl groups excluding tert-OH is 1. The summed E-state index contributed by atoms with van der Waals surface area (Å²) in [5.74, 6) is 0.800. The molecule has 1 N–H and O–H groups in total. The molecule has 1 nitrogen and oxygen atoms in total. The first kappa shape index (κ1) is 12.9. The number of unbranched alkanes of at least 4 members (excludes halogenated alkanes) is 2. The van der Waals surface area contributed by atoms with E-state index < -0.39 is 0 Å². The summed E-state index contributed by atoms with van der Waals surface area (Å²) < 4.78 is 0. The van der Waals surface area contributed by atoms with Crippen LogP contribution >= 0.6 is 0 Å². The fourth-order valence-corrected chi connectivity index (χ4v) is 3.76. The van der Waals surface area contributed by atoms with E-state index in [-0.39, 0.29) is 6.10 Å². The van der Waals surface area contributed by atoms with Gasteiger partial charge in [-0.3, -0.25) is 0 Å². The van der Waals surface area contributed by atoms with Crippen LogP contribution in [0.3, 0.4) is 0 Å². The van der Waals surface area contributed by atoms with Gasteiger partial charge in [0.15, 0.2) is 0 Å². The maximum atomic E-state index is 10.5. The number of fused-ring (bicyclic) bond motifs is 2.